The number of sulfonamides is 1. The van der Waals surface area contributed by atoms with Crippen LogP contribution in [0.2, 0.25) is 0 Å². The third-order valence-corrected chi connectivity index (χ3v) is 4.66. The zero-order valence-corrected chi connectivity index (χ0v) is 13.0. The van der Waals surface area contributed by atoms with E-state index in [2.05, 4.69) is 14.4 Å². The van der Waals surface area contributed by atoms with Gasteiger partial charge in [-0.15, -0.1) is 11.3 Å². The summed E-state index contributed by atoms with van der Waals surface area (Å²) in [6, 6.07) is 0. The van der Waals surface area contributed by atoms with Crippen LogP contribution >= 0.6 is 11.3 Å². The molecule has 0 fully saturated rings. The number of nitrogens with zero attached hydrogens (tertiary/aromatic N) is 1. The van der Waals surface area contributed by atoms with E-state index >= 15 is 0 Å². The fourth-order valence-corrected chi connectivity index (χ4v) is 4.05. The highest BCUT2D eigenvalue weighted by atomic mass is 32.2. The van der Waals surface area contributed by atoms with Gasteiger partial charge < -0.3 is 4.74 Å². The molecule has 19 heavy (non-hydrogen) atoms. The molecular formula is C11H18N2O4S2. The topological polar surface area (TPSA) is 85.4 Å². The first kappa shape index (κ1) is 15.9. The zero-order chi connectivity index (χ0) is 14.7. The summed E-state index contributed by atoms with van der Waals surface area (Å²) in [5.41, 5.74) is 0.156. The lowest BCUT2D eigenvalue weighted by atomic mass is 10.0. The van der Waals surface area contributed by atoms with Crippen molar-refractivity contribution in [2.24, 2.45) is 5.41 Å². The van der Waals surface area contributed by atoms with Gasteiger partial charge in [0.05, 0.1) is 25.0 Å². The summed E-state index contributed by atoms with van der Waals surface area (Å²) in [7, 11) is -2.14. The molecule has 1 aromatic rings. The van der Waals surface area contributed by atoms with Crippen molar-refractivity contribution in [1.29, 1.82) is 0 Å². The van der Waals surface area contributed by atoms with Crippen molar-refractivity contribution in [3.05, 3.63) is 11.1 Å². The first-order chi connectivity index (χ1) is 8.61. The Morgan fingerprint density at radius 2 is 2.11 bits per heavy atom. The Kier molecular flexibility index (Phi) is 4.92. The normalized spacial score (nSPS) is 12.2. The Balaban J connectivity index is 2.71. The number of hydrogen-bond donors (Lipinski definition) is 1. The minimum absolute atomic E-state index is 0.00587. The maximum Gasteiger partial charge on any atom is 0.311 e. The fourth-order valence-electron chi connectivity index (χ4n) is 1.39. The van der Waals surface area contributed by atoms with Gasteiger partial charge >= 0.3 is 5.97 Å². The predicted octanol–water partition coefficient (Wildman–Crippen LogP) is 1.65. The van der Waals surface area contributed by atoms with Crippen LogP contribution in [0.5, 0.6) is 0 Å². The van der Waals surface area contributed by atoms with Gasteiger partial charge in [0.15, 0.2) is 5.13 Å². The van der Waals surface area contributed by atoms with E-state index in [1.54, 1.807) is 5.38 Å². The number of carbonyl (C=O) groups excluding carboxylic acids is 1. The highest BCUT2D eigenvalue weighted by Crippen LogP contribution is 2.21. The SMILES string of the molecule is COC(=O)Cc1csc(NS(=O)(=O)CC(C)(C)C)n1. The maximum absolute atomic E-state index is 11.9. The summed E-state index contributed by atoms with van der Waals surface area (Å²) in [5.74, 6) is -0.402. The van der Waals surface area contributed by atoms with Crippen LogP contribution in [-0.2, 0) is 26.0 Å². The molecule has 0 saturated heterocycles. The van der Waals surface area contributed by atoms with Gasteiger partial charge in [0.25, 0.3) is 0 Å². The molecule has 0 aliphatic rings. The summed E-state index contributed by atoms with van der Waals surface area (Å²) in [6.45, 7) is 5.53. The van der Waals surface area contributed by atoms with E-state index < -0.39 is 16.0 Å². The maximum atomic E-state index is 11.9. The molecule has 0 bridgehead atoms. The van der Waals surface area contributed by atoms with E-state index in [-0.39, 0.29) is 22.7 Å². The second kappa shape index (κ2) is 5.87. The predicted molar refractivity (Wildman–Crippen MR) is 74.7 cm³/mol. The first-order valence-electron chi connectivity index (χ1n) is 5.63. The van der Waals surface area contributed by atoms with Gasteiger partial charge in [-0.1, -0.05) is 20.8 Å². The van der Waals surface area contributed by atoms with E-state index in [1.165, 1.54) is 7.11 Å². The Bertz CT molecular complexity index is 543. The molecule has 0 atom stereocenters. The average Bonchev–Trinajstić information content (AvgIpc) is 2.60. The van der Waals surface area contributed by atoms with Gasteiger partial charge in [0.2, 0.25) is 10.0 Å². The number of rotatable bonds is 5. The second-order valence-corrected chi connectivity index (χ2v) is 7.90. The molecule has 108 valence electrons. The lowest BCUT2D eigenvalue weighted by Gasteiger charge is -2.17. The van der Waals surface area contributed by atoms with E-state index in [9.17, 15) is 13.2 Å². The first-order valence-corrected chi connectivity index (χ1v) is 8.16. The standard InChI is InChI=1S/C11H18N2O4S2/c1-11(2,3)7-19(15,16)13-10-12-8(6-18-10)5-9(14)17-4/h6H,5,7H2,1-4H3,(H,12,13). The number of nitrogens with one attached hydrogen (secondary N) is 1. The lowest BCUT2D eigenvalue weighted by Crippen LogP contribution is -2.26. The number of ether oxygens (including phenoxy) is 1. The van der Waals surface area contributed by atoms with Gasteiger partial charge in [0.1, 0.15) is 0 Å². The average molecular weight is 306 g/mol. The number of aromatic nitrogens is 1. The lowest BCUT2D eigenvalue weighted by molar-refractivity contribution is -0.139. The van der Waals surface area contributed by atoms with Crippen molar-refractivity contribution < 1.29 is 17.9 Å². The summed E-state index contributed by atoms with van der Waals surface area (Å²) < 4.78 is 30.7. The van der Waals surface area contributed by atoms with Crippen LogP contribution in [0.25, 0.3) is 0 Å². The molecular weight excluding hydrogens is 288 g/mol. The minimum atomic E-state index is -3.43. The third kappa shape index (κ3) is 6.02. The highest BCUT2D eigenvalue weighted by molar-refractivity contribution is 7.92. The van der Waals surface area contributed by atoms with Crippen LogP contribution in [-0.4, -0.2) is 32.2 Å². The van der Waals surface area contributed by atoms with Gasteiger partial charge in [-0.25, -0.2) is 13.4 Å². The third-order valence-electron chi connectivity index (χ3n) is 1.97. The molecule has 8 heteroatoms. The van der Waals surface area contributed by atoms with Crippen LogP contribution in [0.4, 0.5) is 5.13 Å². The number of carbonyl (C=O) groups is 1. The summed E-state index contributed by atoms with van der Waals surface area (Å²) in [6.07, 6.45) is 0.0357. The quantitative estimate of drug-likeness (QED) is 0.836. The molecule has 0 aliphatic carbocycles. The molecule has 1 aromatic heterocycles. The van der Waals surface area contributed by atoms with Crippen LogP contribution < -0.4 is 4.72 Å². The second-order valence-electron chi connectivity index (χ2n) is 5.32. The Morgan fingerprint density at radius 1 is 1.47 bits per heavy atom. The van der Waals surface area contributed by atoms with E-state index in [0.29, 0.717) is 5.69 Å². The summed E-state index contributed by atoms with van der Waals surface area (Å²) in [4.78, 5) is 15.1. The Labute approximate surface area is 117 Å². The molecule has 6 nitrogen and oxygen atoms in total. The Morgan fingerprint density at radius 3 is 2.63 bits per heavy atom. The molecule has 0 aliphatic heterocycles. The minimum Gasteiger partial charge on any atom is -0.469 e. The number of hydrogen-bond acceptors (Lipinski definition) is 6. The van der Waals surface area contributed by atoms with Gasteiger partial charge in [-0.3, -0.25) is 9.52 Å². The Hall–Kier alpha value is -1.15. The number of esters is 1. The van der Waals surface area contributed by atoms with Crippen molar-refractivity contribution in [2.45, 2.75) is 27.2 Å². The van der Waals surface area contributed by atoms with Gasteiger partial charge in [-0.2, -0.15) is 0 Å². The van der Waals surface area contributed by atoms with Crippen LogP contribution in [0.3, 0.4) is 0 Å². The van der Waals surface area contributed by atoms with E-state index in [0.717, 1.165) is 11.3 Å². The van der Waals surface area contributed by atoms with Crippen molar-refractivity contribution in [3.8, 4) is 0 Å². The van der Waals surface area contributed by atoms with Gasteiger partial charge in [0, 0.05) is 5.38 Å². The zero-order valence-electron chi connectivity index (χ0n) is 11.4. The summed E-state index contributed by atoms with van der Waals surface area (Å²) in [5, 5.41) is 1.90. The molecule has 0 spiro atoms. The van der Waals surface area contributed by atoms with Crippen molar-refractivity contribution in [3.63, 3.8) is 0 Å². The van der Waals surface area contributed by atoms with Gasteiger partial charge in [-0.05, 0) is 5.41 Å². The van der Waals surface area contributed by atoms with E-state index in [1.807, 2.05) is 20.8 Å². The smallest absolute Gasteiger partial charge is 0.311 e. The van der Waals surface area contributed by atoms with Crippen LogP contribution in [0.15, 0.2) is 5.38 Å². The van der Waals surface area contributed by atoms with Crippen LogP contribution in [0, 0.1) is 5.41 Å². The number of methoxy groups -OCH3 is 1. The molecule has 0 amide bonds. The molecule has 0 saturated carbocycles. The van der Waals surface area contributed by atoms with Crippen molar-refractivity contribution in [2.75, 3.05) is 17.6 Å². The van der Waals surface area contributed by atoms with Crippen molar-refractivity contribution >= 4 is 32.5 Å². The highest BCUT2D eigenvalue weighted by Gasteiger charge is 2.22. The fraction of sp³-hybridized carbons (Fsp3) is 0.636. The number of thiazole rings is 1. The largest absolute Gasteiger partial charge is 0.469 e. The van der Waals surface area contributed by atoms with Crippen LogP contribution in [0.1, 0.15) is 26.5 Å². The molecule has 0 aromatic carbocycles. The molecule has 0 unspecified atom stereocenters. The van der Waals surface area contributed by atoms with E-state index in [4.69, 9.17) is 0 Å². The summed E-state index contributed by atoms with van der Waals surface area (Å²) >= 11 is 1.15. The molecule has 0 radical (unpaired) electrons. The molecule has 1 rings (SSSR count). The monoisotopic (exact) mass is 306 g/mol. The van der Waals surface area contributed by atoms with Crippen molar-refractivity contribution in [1.82, 2.24) is 4.98 Å². The molecule has 1 N–H and O–H groups in total. The molecule has 1 heterocycles. The number of anilines is 1.